The molecule has 0 unspecified atom stereocenters. The fraction of sp³-hybridized carbons (Fsp3) is 0.533. The van der Waals surface area contributed by atoms with Gasteiger partial charge < -0.3 is 10.6 Å². The first-order valence-corrected chi connectivity index (χ1v) is 6.85. The van der Waals surface area contributed by atoms with Crippen molar-refractivity contribution in [3.05, 3.63) is 35.6 Å². The molecule has 0 bridgehead atoms. The van der Waals surface area contributed by atoms with Crippen molar-refractivity contribution in [2.45, 2.75) is 31.1 Å². The first-order chi connectivity index (χ1) is 9.20. The Labute approximate surface area is 137 Å². The zero-order valence-electron chi connectivity index (χ0n) is 12.1. The van der Waals surface area contributed by atoms with Crippen molar-refractivity contribution in [3.8, 4) is 0 Å². The molecule has 2 N–H and O–H groups in total. The Balaban J connectivity index is 0.00000200. The Morgan fingerprint density at radius 2 is 1.85 bits per heavy atom. The highest BCUT2D eigenvalue weighted by Gasteiger charge is 2.35. The van der Waals surface area contributed by atoms with E-state index in [9.17, 15) is 4.39 Å². The van der Waals surface area contributed by atoms with Gasteiger partial charge in [-0.1, -0.05) is 25.0 Å². The summed E-state index contributed by atoms with van der Waals surface area (Å²) < 4.78 is 13.1. The maximum Gasteiger partial charge on any atom is 0.190 e. The smallest absolute Gasteiger partial charge is 0.190 e. The van der Waals surface area contributed by atoms with Crippen LogP contribution < -0.4 is 10.6 Å². The largest absolute Gasteiger partial charge is 0.359 e. The summed E-state index contributed by atoms with van der Waals surface area (Å²) in [6, 6.07) is 6.96. The molecule has 0 aliphatic heterocycles. The first-order valence-electron chi connectivity index (χ1n) is 6.85. The Kier molecular flexibility index (Phi) is 6.71. The van der Waals surface area contributed by atoms with Crippen molar-refractivity contribution in [2.75, 3.05) is 20.6 Å². The predicted octanol–water partition coefficient (Wildman–Crippen LogP) is 3.05. The lowest BCUT2D eigenvalue weighted by atomic mass is 9.79. The van der Waals surface area contributed by atoms with Gasteiger partial charge in [-0.05, 0) is 30.5 Å². The molecule has 1 aromatic carbocycles. The van der Waals surface area contributed by atoms with Gasteiger partial charge in [-0.3, -0.25) is 4.99 Å². The maximum atomic E-state index is 13.1. The van der Waals surface area contributed by atoms with Crippen LogP contribution in [0.4, 0.5) is 4.39 Å². The van der Waals surface area contributed by atoms with E-state index in [0.29, 0.717) is 0 Å². The Hall–Kier alpha value is -0.850. The summed E-state index contributed by atoms with van der Waals surface area (Å²) in [4.78, 5) is 4.14. The van der Waals surface area contributed by atoms with Gasteiger partial charge in [0, 0.05) is 26.1 Å². The molecule has 0 aromatic heterocycles. The van der Waals surface area contributed by atoms with E-state index in [1.165, 1.54) is 18.4 Å². The number of guanidine groups is 1. The highest BCUT2D eigenvalue weighted by Crippen LogP contribution is 2.40. The quantitative estimate of drug-likeness (QED) is 0.472. The molecule has 1 aliphatic carbocycles. The molecule has 0 radical (unpaired) electrons. The van der Waals surface area contributed by atoms with E-state index < -0.39 is 0 Å². The van der Waals surface area contributed by atoms with Gasteiger partial charge in [0.2, 0.25) is 0 Å². The van der Waals surface area contributed by atoms with Gasteiger partial charge >= 0.3 is 0 Å². The number of nitrogens with one attached hydrogen (secondary N) is 2. The van der Waals surface area contributed by atoms with E-state index in [-0.39, 0.29) is 35.2 Å². The first kappa shape index (κ1) is 17.2. The van der Waals surface area contributed by atoms with Gasteiger partial charge in [0.05, 0.1) is 0 Å². The molecule has 1 aliphatic rings. The van der Waals surface area contributed by atoms with Crippen LogP contribution in [0.1, 0.15) is 31.2 Å². The normalized spacial score (nSPS) is 17.4. The average Bonchev–Trinajstić information content (AvgIpc) is 2.91. The van der Waals surface area contributed by atoms with Crippen molar-refractivity contribution >= 4 is 29.9 Å². The molecule has 2 rings (SSSR count). The van der Waals surface area contributed by atoms with Crippen LogP contribution in [-0.4, -0.2) is 26.6 Å². The molecule has 1 aromatic rings. The number of aliphatic imine (C=N–C) groups is 1. The summed E-state index contributed by atoms with van der Waals surface area (Å²) in [5.41, 5.74) is 1.34. The molecule has 20 heavy (non-hydrogen) atoms. The molecule has 0 atom stereocenters. The van der Waals surface area contributed by atoms with Gasteiger partial charge in [0.25, 0.3) is 0 Å². The third kappa shape index (κ3) is 3.84. The molecule has 5 heteroatoms. The zero-order valence-corrected chi connectivity index (χ0v) is 14.4. The predicted molar refractivity (Wildman–Crippen MR) is 92.4 cm³/mol. The third-order valence-corrected chi connectivity index (χ3v) is 4.07. The van der Waals surface area contributed by atoms with Crippen LogP contribution in [0.15, 0.2) is 29.3 Å². The van der Waals surface area contributed by atoms with Crippen molar-refractivity contribution in [2.24, 2.45) is 4.99 Å². The molecule has 0 saturated heterocycles. The lowest BCUT2D eigenvalue weighted by Gasteiger charge is -2.30. The molecule has 1 fully saturated rings. The van der Waals surface area contributed by atoms with Gasteiger partial charge in [-0.25, -0.2) is 4.39 Å². The van der Waals surface area contributed by atoms with Crippen LogP contribution >= 0.6 is 24.0 Å². The van der Waals surface area contributed by atoms with Gasteiger partial charge in [0.15, 0.2) is 5.96 Å². The molecule has 0 amide bonds. The number of hydrogen-bond acceptors (Lipinski definition) is 1. The second kappa shape index (κ2) is 7.81. The van der Waals surface area contributed by atoms with Crippen molar-refractivity contribution in [3.63, 3.8) is 0 Å². The van der Waals surface area contributed by atoms with E-state index in [1.54, 1.807) is 19.2 Å². The molecule has 1 saturated carbocycles. The standard InChI is InChI=1S/C15H22FN3.HI/c1-17-14(18-2)19-11-15(9-3-4-10-15)12-5-7-13(16)8-6-12;/h5-8H,3-4,9-11H2,1-2H3,(H2,17,18,19);1H. The Morgan fingerprint density at radius 1 is 1.25 bits per heavy atom. The fourth-order valence-corrected chi connectivity index (χ4v) is 2.95. The minimum Gasteiger partial charge on any atom is -0.359 e. The van der Waals surface area contributed by atoms with E-state index >= 15 is 0 Å². The summed E-state index contributed by atoms with van der Waals surface area (Å²) in [6.07, 6.45) is 4.76. The molecular weight excluding hydrogens is 368 g/mol. The number of halogens is 2. The fourth-order valence-electron chi connectivity index (χ4n) is 2.95. The van der Waals surface area contributed by atoms with E-state index in [2.05, 4.69) is 15.6 Å². The van der Waals surface area contributed by atoms with Crippen LogP contribution in [0, 0.1) is 5.82 Å². The Bertz CT molecular complexity index is 439. The molecular formula is C15H23FIN3. The SMILES string of the molecule is CN=C(NC)NCC1(c2ccc(F)cc2)CCCC1.I. The van der Waals surface area contributed by atoms with Crippen LogP contribution in [0.5, 0.6) is 0 Å². The van der Waals surface area contributed by atoms with Crippen molar-refractivity contribution < 1.29 is 4.39 Å². The average molecular weight is 391 g/mol. The summed E-state index contributed by atoms with van der Waals surface area (Å²) in [5.74, 6) is 0.629. The van der Waals surface area contributed by atoms with E-state index in [1.807, 2.05) is 19.2 Å². The van der Waals surface area contributed by atoms with E-state index in [4.69, 9.17) is 0 Å². The maximum absolute atomic E-state index is 13.1. The lowest BCUT2D eigenvalue weighted by molar-refractivity contribution is 0.431. The van der Waals surface area contributed by atoms with Crippen LogP contribution in [-0.2, 0) is 5.41 Å². The van der Waals surface area contributed by atoms with E-state index in [0.717, 1.165) is 25.3 Å². The van der Waals surface area contributed by atoms with Crippen LogP contribution in [0.2, 0.25) is 0 Å². The number of hydrogen-bond donors (Lipinski definition) is 2. The number of nitrogens with zero attached hydrogens (tertiary/aromatic N) is 1. The third-order valence-electron chi connectivity index (χ3n) is 4.07. The van der Waals surface area contributed by atoms with Gasteiger partial charge in [0.1, 0.15) is 5.82 Å². The van der Waals surface area contributed by atoms with Gasteiger partial charge in [-0.15, -0.1) is 24.0 Å². The minimum absolute atomic E-state index is 0. The monoisotopic (exact) mass is 391 g/mol. The summed E-state index contributed by atoms with van der Waals surface area (Å²) >= 11 is 0. The highest BCUT2D eigenvalue weighted by atomic mass is 127. The molecule has 112 valence electrons. The molecule has 0 heterocycles. The lowest BCUT2D eigenvalue weighted by Crippen LogP contribution is -2.43. The minimum atomic E-state index is -0.170. The number of rotatable bonds is 3. The highest BCUT2D eigenvalue weighted by molar-refractivity contribution is 14.0. The molecule has 3 nitrogen and oxygen atoms in total. The Morgan fingerprint density at radius 3 is 2.35 bits per heavy atom. The second-order valence-corrected chi connectivity index (χ2v) is 5.17. The van der Waals surface area contributed by atoms with Gasteiger partial charge in [-0.2, -0.15) is 0 Å². The zero-order chi connectivity index (χ0) is 13.7. The summed E-state index contributed by atoms with van der Waals surface area (Å²) in [6.45, 7) is 0.839. The summed E-state index contributed by atoms with van der Waals surface area (Å²) in [7, 11) is 3.62. The second-order valence-electron chi connectivity index (χ2n) is 5.17. The van der Waals surface area contributed by atoms with Crippen molar-refractivity contribution in [1.82, 2.24) is 10.6 Å². The van der Waals surface area contributed by atoms with Crippen LogP contribution in [0.25, 0.3) is 0 Å². The van der Waals surface area contributed by atoms with Crippen LogP contribution in [0.3, 0.4) is 0 Å². The topological polar surface area (TPSA) is 36.4 Å². The number of benzene rings is 1. The van der Waals surface area contributed by atoms with Crippen molar-refractivity contribution in [1.29, 1.82) is 0 Å². The summed E-state index contributed by atoms with van der Waals surface area (Å²) in [5, 5.41) is 6.39. The molecule has 0 spiro atoms.